The summed E-state index contributed by atoms with van der Waals surface area (Å²) in [6.45, 7) is -0.996. The smallest absolute Gasteiger partial charge is 0.394 e. The predicted octanol–water partition coefficient (Wildman–Crippen LogP) is 4.88. The maximum Gasteiger partial charge on any atom is 0.416 e. The number of rotatable bonds is 8. The van der Waals surface area contributed by atoms with Crippen LogP contribution in [0.1, 0.15) is 29.5 Å². The van der Waals surface area contributed by atoms with Gasteiger partial charge in [0.05, 0.1) is 29.9 Å². The van der Waals surface area contributed by atoms with Crippen molar-refractivity contribution in [3.63, 3.8) is 0 Å². The van der Waals surface area contributed by atoms with Crippen LogP contribution in [0.5, 0.6) is 0 Å². The number of aryl methyl sites for hydroxylation is 1. The Morgan fingerprint density at radius 3 is 2.03 bits per heavy atom. The van der Waals surface area contributed by atoms with Crippen LogP contribution in [0, 0.1) is 0 Å². The molecule has 0 aliphatic carbocycles. The van der Waals surface area contributed by atoms with Gasteiger partial charge in [-0.15, -0.1) is 0 Å². The maximum atomic E-state index is 13.5. The summed E-state index contributed by atoms with van der Waals surface area (Å²) in [6, 6.07) is 7.99. The number of hydrogen-bond donors (Lipinski definition) is 3. The fraction of sp³-hybridized carbons (Fsp3) is 0.400. The van der Waals surface area contributed by atoms with Crippen LogP contribution in [-0.4, -0.2) is 29.0 Å². The van der Waals surface area contributed by atoms with Gasteiger partial charge >= 0.3 is 12.4 Å². The Morgan fingerprint density at radius 1 is 0.833 bits per heavy atom. The summed E-state index contributed by atoms with van der Waals surface area (Å²) in [6.07, 6.45) is -8.84. The number of halogens is 6. The molecule has 0 radical (unpaired) electrons. The first-order valence-corrected chi connectivity index (χ1v) is 9.75. The zero-order valence-corrected chi connectivity index (χ0v) is 16.5. The van der Waals surface area contributed by atoms with Gasteiger partial charge in [-0.1, -0.05) is 23.9 Å². The molecule has 0 saturated carbocycles. The van der Waals surface area contributed by atoms with E-state index in [9.17, 15) is 36.6 Å². The Hall–Kier alpha value is -1.75. The molecule has 10 heteroatoms. The highest BCUT2D eigenvalue weighted by molar-refractivity contribution is 7.99. The largest absolute Gasteiger partial charge is 0.416 e. The Morgan fingerprint density at radius 2 is 1.47 bits per heavy atom. The lowest BCUT2D eigenvalue weighted by molar-refractivity contribution is -0.138. The lowest BCUT2D eigenvalue weighted by Gasteiger charge is -2.24. The molecule has 0 aliphatic rings. The van der Waals surface area contributed by atoms with Crippen LogP contribution in [-0.2, 0) is 18.8 Å². The molecule has 0 spiro atoms. The molecular weight excluding hydrogens is 432 g/mol. The van der Waals surface area contributed by atoms with Gasteiger partial charge in [0.25, 0.3) is 0 Å². The molecule has 2 rings (SSSR count). The van der Waals surface area contributed by atoms with E-state index in [0.29, 0.717) is 0 Å². The molecule has 166 valence electrons. The predicted molar refractivity (Wildman–Crippen MR) is 101 cm³/mol. The molecular formula is C20H21F6NO2S. The molecule has 0 unspecified atom stereocenters. The molecule has 0 amide bonds. The number of benzene rings is 2. The van der Waals surface area contributed by atoms with E-state index in [1.54, 1.807) is 0 Å². The molecule has 0 saturated heterocycles. The maximum absolute atomic E-state index is 13.5. The van der Waals surface area contributed by atoms with Crippen molar-refractivity contribution in [3.8, 4) is 0 Å². The van der Waals surface area contributed by atoms with Crippen molar-refractivity contribution in [1.82, 2.24) is 0 Å². The second-order valence-corrected chi connectivity index (χ2v) is 8.12. The van der Waals surface area contributed by atoms with E-state index in [0.717, 1.165) is 30.0 Å². The molecule has 4 N–H and O–H groups in total. The summed E-state index contributed by atoms with van der Waals surface area (Å²) < 4.78 is 79.1. The molecule has 0 bridgehead atoms. The second kappa shape index (κ2) is 9.59. The average Bonchev–Trinajstić information content (AvgIpc) is 2.67. The number of nitrogens with two attached hydrogens (primary N) is 1. The first-order chi connectivity index (χ1) is 13.9. The molecule has 2 aromatic carbocycles. The third-order valence-corrected chi connectivity index (χ3v) is 5.51. The van der Waals surface area contributed by atoms with E-state index in [4.69, 9.17) is 5.73 Å². The zero-order chi connectivity index (χ0) is 22.6. The Kier molecular flexibility index (Phi) is 7.84. The standard InChI is InChI=1S/C20H21F6NO2S/c21-19(22,23)14-4-1-5-15(9-14)30-16-7-6-13(17(10-16)20(24,25)26)3-2-8-18(27,11-28)12-29/h1,4-7,9-10,28-29H,2-3,8,11-12,27H2. The van der Waals surface area contributed by atoms with Crippen LogP contribution < -0.4 is 5.73 Å². The third kappa shape index (κ3) is 6.63. The summed E-state index contributed by atoms with van der Waals surface area (Å²) in [4.78, 5) is 0.328. The quantitative estimate of drug-likeness (QED) is 0.499. The zero-order valence-electron chi connectivity index (χ0n) is 15.7. The molecule has 0 fully saturated rings. The van der Waals surface area contributed by atoms with E-state index < -0.39 is 42.2 Å². The van der Waals surface area contributed by atoms with Crippen LogP contribution in [0.15, 0.2) is 52.3 Å². The minimum absolute atomic E-state index is 0.00845. The summed E-state index contributed by atoms with van der Waals surface area (Å²) in [5.41, 5.74) is 2.72. The van der Waals surface area contributed by atoms with Gasteiger partial charge in [-0.05, 0) is 55.2 Å². The lowest BCUT2D eigenvalue weighted by Crippen LogP contribution is -2.47. The van der Waals surface area contributed by atoms with E-state index in [1.165, 1.54) is 24.3 Å². The van der Waals surface area contributed by atoms with E-state index in [-0.39, 0.29) is 34.6 Å². The molecule has 0 aromatic heterocycles. The van der Waals surface area contributed by atoms with E-state index in [2.05, 4.69) is 0 Å². The van der Waals surface area contributed by atoms with Gasteiger partial charge in [-0.25, -0.2) is 0 Å². The van der Waals surface area contributed by atoms with Crippen LogP contribution in [0.2, 0.25) is 0 Å². The first-order valence-electron chi connectivity index (χ1n) is 8.94. The normalized spacial score (nSPS) is 13.0. The van der Waals surface area contributed by atoms with Gasteiger partial charge in [0.2, 0.25) is 0 Å². The first kappa shape index (κ1) is 24.5. The molecule has 3 nitrogen and oxygen atoms in total. The van der Waals surface area contributed by atoms with Gasteiger partial charge < -0.3 is 15.9 Å². The summed E-state index contributed by atoms with van der Waals surface area (Å²) in [5, 5.41) is 18.3. The minimum atomic E-state index is -4.65. The highest BCUT2D eigenvalue weighted by Gasteiger charge is 2.34. The van der Waals surface area contributed by atoms with Gasteiger partial charge in [0.1, 0.15) is 0 Å². The number of hydrogen-bond acceptors (Lipinski definition) is 4. The second-order valence-electron chi connectivity index (χ2n) is 6.98. The van der Waals surface area contributed by atoms with Crippen molar-refractivity contribution in [2.45, 2.75) is 46.9 Å². The number of aliphatic hydroxyl groups is 2. The Bertz CT molecular complexity index is 850. The Labute approximate surface area is 173 Å². The van der Waals surface area contributed by atoms with Crippen molar-refractivity contribution in [3.05, 3.63) is 59.2 Å². The van der Waals surface area contributed by atoms with Gasteiger partial charge in [-0.3, -0.25) is 0 Å². The van der Waals surface area contributed by atoms with Crippen LogP contribution >= 0.6 is 11.8 Å². The molecule has 0 atom stereocenters. The van der Waals surface area contributed by atoms with Gasteiger partial charge in [-0.2, -0.15) is 26.3 Å². The highest BCUT2D eigenvalue weighted by Crippen LogP contribution is 2.39. The minimum Gasteiger partial charge on any atom is -0.394 e. The average molecular weight is 453 g/mol. The number of alkyl halides is 6. The van der Waals surface area contributed by atoms with Crippen LogP contribution in [0.3, 0.4) is 0 Å². The van der Waals surface area contributed by atoms with Crippen molar-refractivity contribution < 1.29 is 36.6 Å². The summed E-state index contributed by atoms with van der Waals surface area (Å²) >= 11 is 0.806. The number of aliphatic hydroxyl groups excluding tert-OH is 2. The van der Waals surface area contributed by atoms with Crippen molar-refractivity contribution in [2.24, 2.45) is 5.73 Å². The molecule has 2 aromatic rings. The van der Waals surface area contributed by atoms with E-state index >= 15 is 0 Å². The Balaban J connectivity index is 2.22. The van der Waals surface area contributed by atoms with Crippen molar-refractivity contribution in [2.75, 3.05) is 13.2 Å². The van der Waals surface area contributed by atoms with Gasteiger partial charge in [0, 0.05) is 9.79 Å². The van der Waals surface area contributed by atoms with Gasteiger partial charge in [0.15, 0.2) is 0 Å². The molecule has 30 heavy (non-hydrogen) atoms. The molecule has 0 aliphatic heterocycles. The van der Waals surface area contributed by atoms with Crippen molar-refractivity contribution in [1.29, 1.82) is 0 Å². The third-order valence-electron chi connectivity index (χ3n) is 4.53. The van der Waals surface area contributed by atoms with Crippen LogP contribution in [0.4, 0.5) is 26.3 Å². The molecule has 0 heterocycles. The van der Waals surface area contributed by atoms with Crippen LogP contribution in [0.25, 0.3) is 0 Å². The van der Waals surface area contributed by atoms with E-state index in [1.807, 2.05) is 0 Å². The summed E-state index contributed by atoms with van der Waals surface area (Å²) in [5.74, 6) is 0. The monoisotopic (exact) mass is 453 g/mol. The van der Waals surface area contributed by atoms with Crippen molar-refractivity contribution >= 4 is 11.8 Å². The lowest BCUT2D eigenvalue weighted by atomic mass is 9.93. The fourth-order valence-corrected chi connectivity index (χ4v) is 3.73. The SMILES string of the molecule is NC(CO)(CO)CCCc1ccc(Sc2cccc(C(F)(F)F)c2)cc1C(F)(F)F. The fourth-order valence-electron chi connectivity index (χ4n) is 2.81. The highest BCUT2D eigenvalue weighted by atomic mass is 32.2. The summed E-state index contributed by atoms with van der Waals surface area (Å²) in [7, 11) is 0. The topological polar surface area (TPSA) is 66.5 Å².